The average molecular weight is 398 g/mol. The molecule has 0 bridgehead atoms. The van der Waals surface area contributed by atoms with Gasteiger partial charge in [0.05, 0.1) is 25.7 Å². The maximum Gasteiger partial charge on any atom is 0.233 e. The molecule has 2 fully saturated rings. The third kappa shape index (κ3) is 3.48. The Bertz CT molecular complexity index is 846. The number of fused-ring (bicyclic) bond motifs is 1. The number of carbonyl (C=O) groups is 2. The lowest BCUT2D eigenvalue weighted by atomic mass is 9.80. The normalized spacial score (nSPS) is 26.8. The number of imide groups is 1. The fourth-order valence-corrected chi connectivity index (χ4v) is 4.89. The van der Waals surface area contributed by atoms with Crippen LogP contribution < -0.4 is 9.47 Å². The van der Waals surface area contributed by atoms with Gasteiger partial charge in [0.15, 0.2) is 11.5 Å². The van der Waals surface area contributed by atoms with E-state index in [1.54, 1.807) is 0 Å². The minimum Gasteiger partial charge on any atom is -0.454 e. The zero-order valence-electron chi connectivity index (χ0n) is 16.5. The third-order valence-electron chi connectivity index (χ3n) is 6.37. The summed E-state index contributed by atoms with van der Waals surface area (Å²) in [6.45, 7) is 3.65. The predicted molar refractivity (Wildman–Crippen MR) is 104 cm³/mol. The molecule has 3 heterocycles. The fourth-order valence-electron chi connectivity index (χ4n) is 4.89. The van der Waals surface area contributed by atoms with Crippen molar-refractivity contribution in [1.82, 2.24) is 9.80 Å². The van der Waals surface area contributed by atoms with Crippen molar-refractivity contribution in [3.63, 3.8) is 0 Å². The topological polar surface area (TPSA) is 68.3 Å². The van der Waals surface area contributed by atoms with Crippen molar-refractivity contribution in [2.24, 2.45) is 11.8 Å². The molecular weight excluding hydrogens is 372 g/mol. The quantitative estimate of drug-likeness (QED) is 0.725. The molecule has 7 heteroatoms. The number of likely N-dealkylation sites (tertiary alicyclic amines) is 1. The maximum atomic E-state index is 13.3. The number of morpholine rings is 1. The molecule has 0 saturated carbocycles. The molecular formula is C22H26N2O5. The van der Waals surface area contributed by atoms with Crippen LogP contribution >= 0.6 is 0 Å². The highest BCUT2D eigenvalue weighted by atomic mass is 16.7. The zero-order valence-corrected chi connectivity index (χ0v) is 16.5. The van der Waals surface area contributed by atoms with Crippen molar-refractivity contribution in [1.29, 1.82) is 0 Å². The lowest BCUT2D eigenvalue weighted by Gasteiger charge is -2.38. The van der Waals surface area contributed by atoms with Crippen LogP contribution in [0.15, 0.2) is 30.0 Å². The second-order valence-electron chi connectivity index (χ2n) is 8.08. The van der Waals surface area contributed by atoms with Crippen LogP contribution in [0.25, 0.3) is 0 Å². The van der Waals surface area contributed by atoms with E-state index < -0.39 is 0 Å². The number of nitrogens with zero attached hydrogens (tertiary/aromatic N) is 2. The Balaban J connectivity index is 1.33. The van der Waals surface area contributed by atoms with Crippen molar-refractivity contribution in [2.75, 3.05) is 33.1 Å². The number of benzene rings is 1. The van der Waals surface area contributed by atoms with Gasteiger partial charge in [-0.3, -0.25) is 14.5 Å². The number of rotatable bonds is 4. The Morgan fingerprint density at radius 3 is 2.72 bits per heavy atom. The summed E-state index contributed by atoms with van der Waals surface area (Å²) < 4.78 is 16.3. The van der Waals surface area contributed by atoms with Crippen LogP contribution in [0.2, 0.25) is 0 Å². The number of carbonyl (C=O) groups excluding carboxylic acids is 2. The molecule has 0 unspecified atom stereocenters. The van der Waals surface area contributed by atoms with Gasteiger partial charge < -0.3 is 19.1 Å². The minimum absolute atomic E-state index is 0.0428. The van der Waals surface area contributed by atoms with Gasteiger partial charge in [0, 0.05) is 31.1 Å². The van der Waals surface area contributed by atoms with Gasteiger partial charge in [-0.1, -0.05) is 12.1 Å². The van der Waals surface area contributed by atoms with Crippen LogP contribution in [-0.2, 0) is 20.9 Å². The summed E-state index contributed by atoms with van der Waals surface area (Å²) in [6, 6.07) is 5.58. The summed E-state index contributed by atoms with van der Waals surface area (Å²) in [4.78, 5) is 29.8. The van der Waals surface area contributed by atoms with E-state index >= 15 is 0 Å². The van der Waals surface area contributed by atoms with E-state index in [0.717, 1.165) is 51.1 Å². The second kappa shape index (κ2) is 7.71. The molecule has 29 heavy (non-hydrogen) atoms. The van der Waals surface area contributed by atoms with Gasteiger partial charge in [0.25, 0.3) is 0 Å². The first-order valence-corrected chi connectivity index (χ1v) is 10.5. The van der Waals surface area contributed by atoms with E-state index in [0.29, 0.717) is 17.9 Å². The molecule has 2 amide bonds. The molecule has 1 aromatic rings. The smallest absolute Gasteiger partial charge is 0.233 e. The zero-order chi connectivity index (χ0) is 19.8. The first-order valence-electron chi connectivity index (χ1n) is 10.5. The summed E-state index contributed by atoms with van der Waals surface area (Å²) in [6.07, 6.45) is 5.65. The van der Waals surface area contributed by atoms with Crippen molar-refractivity contribution < 1.29 is 23.8 Å². The first-order chi connectivity index (χ1) is 14.2. The molecule has 2 atom stereocenters. The van der Waals surface area contributed by atoms with Crippen LogP contribution in [0.5, 0.6) is 11.5 Å². The van der Waals surface area contributed by atoms with Crippen molar-refractivity contribution >= 4 is 11.8 Å². The highest BCUT2D eigenvalue weighted by molar-refractivity contribution is 6.03. The van der Waals surface area contributed by atoms with Crippen molar-refractivity contribution in [3.05, 3.63) is 35.5 Å². The molecule has 1 aromatic carbocycles. The summed E-state index contributed by atoms with van der Waals surface area (Å²) in [5.74, 6) is 1.12. The van der Waals surface area contributed by atoms with Gasteiger partial charge in [-0.15, -0.1) is 0 Å². The van der Waals surface area contributed by atoms with Gasteiger partial charge in [-0.25, -0.2) is 0 Å². The molecule has 0 N–H and O–H groups in total. The molecule has 4 aliphatic rings. The van der Waals surface area contributed by atoms with Crippen molar-refractivity contribution in [3.8, 4) is 11.5 Å². The van der Waals surface area contributed by atoms with E-state index in [2.05, 4.69) is 11.0 Å². The molecule has 3 aliphatic heterocycles. The highest BCUT2D eigenvalue weighted by Crippen LogP contribution is 2.40. The lowest BCUT2D eigenvalue weighted by Crippen LogP contribution is -2.41. The summed E-state index contributed by atoms with van der Waals surface area (Å²) >= 11 is 0. The molecule has 0 aromatic heterocycles. The molecule has 5 rings (SSSR count). The van der Waals surface area contributed by atoms with Gasteiger partial charge in [0.1, 0.15) is 0 Å². The van der Waals surface area contributed by atoms with Crippen LogP contribution in [-0.4, -0.2) is 54.7 Å². The molecule has 0 spiro atoms. The number of allylic oxidation sites excluding steroid dienone is 2. The Kier molecular flexibility index (Phi) is 4.91. The lowest BCUT2D eigenvalue weighted by molar-refractivity contribution is -0.140. The SMILES string of the molecule is O=C1C[C@@H]([C@@H]2CCCC=C2N2CCOCC2)C(=O)N1Cc1ccc2c(c1)OCO2. The summed E-state index contributed by atoms with van der Waals surface area (Å²) in [5, 5.41) is 0. The fraction of sp³-hybridized carbons (Fsp3) is 0.545. The molecule has 154 valence electrons. The molecule has 0 radical (unpaired) electrons. The number of hydrogen-bond donors (Lipinski definition) is 0. The van der Waals surface area contributed by atoms with Crippen LogP contribution in [0.3, 0.4) is 0 Å². The van der Waals surface area contributed by atoms with Gasteiger partial charge in [0.2, 0.25) is 18.6 Å². The standard InChI is InChI=1S/C22H26N2O5/c25-21-12-17(16-3-1-2-4-18(16)23-7-9-27-10-8-23)22(26)24(21)13-15-5-6-19-20(11-15)29-14-28-19/h4-6,11,16-17H,1-3,7-10,12-14H2/t16-,17-/m0/s1. The van der Waals surface area contributed by atoms with Crippen molar-refractivity contribution in [2.45, 2.75) is 32.2 Å². The minimum atomic E-state index is -0.258. The van der Waals surface area contributed by atoms with Gasteiger partial charge >= 0.3 is 0 Å². The monoisotopic (exact) mass is 398 g/mol. The van der Waals surface area contributed by atoms with Gasteiger partial charge in [-0.2, -0.15) is 0 Å². The maximum absolute atomic E-state index is 13.3. The summed E-state index contributed by atoms with van der Waals surface area (Å²) in [5.41, 5.74) is 2.12. The van der Waals surface area contributed by atoms with E-state index in [1.807, 2.05) is 18.2 Å². The van der Waals surface area contributed by atoms with Crippen LogP contribution in [0, 0.1) is 11.8 Å². The van der Waals surface area contributed by atoms with E-state index in [9.17, 15) is 9.59 Å². The second-order valence-corrected chi connectivity index (χ2v) is 8.08. The molecule has 7 nitrogen and oxygen atoms in total. The number of amides is 2. The number of ether oxygens (including phenoxy) is 3. The molecule has 1 aliphatic carbocycles. The highest BCUT2D eigenvalue weighted by Gasteiger charge is 2.45. The Labute approximate surface area is 170 Å². The van der Waals surface area contributed by atoms with E-state index in [-0.39, 0.29) is 37.0 Å². The number of hydrogen-bond acceptors (Lipinski definition) is 6. The van der Waals surface area contributed by atoms with E-state index in [4.69, 9.17) is 14.2 Å². The predicted octanol–water partition coefficient (Wildman–Crippen LogP) is 2.31. The summed E-state index contributed by atoms with van der Waals surface area (Å²) in [7, 11) is 0. The molecule has 2 saturated heterocycles. The Hall–Kier alpha value is -2.54. The largest absolute Gasteiger partial charge is 0.454 e. The Morgan fingerprint density at radius 1 is 1.03 bits per heavy atom. The van der Waals surface area contributed by atoms with Gasteiger partial charge in [-0.05, 0) is 37.0 Å². The average Bonchev–Trinajstić information content (AvgIpc) is 3.34. The third-order valence-corrected chi connectivity index (χ3v) is 6.37. The van der Waals surface area contributed by atoms with E-state index in [1.165, 1.54) is 10.6 Å². The first kappa shape index (κ1) is 18.5. The van der Waals surface area contributed by atoms with Crippen LogP contribution in [0.4, 0.5) is 0 Å². The van der Waals surface area contributed by atoms with Crippen LogP contribution in [0.1, 0.15) is 31.2 Å². The Morgan fingerprint density at radius 2 is 1.86 bits per heavy atom.